The normalized spacial score (nSPS) is 36.5. The second-order valence-corrected chi connectivity index (χ2v) is 6.63. The molecule has 3 atom stereocenters. The maximum Gasteiger partial charge on any atom is 0.257 e. The van der Waals surface area contributed by atoms with Crippen LogP contribution in [-0.4, -0.2) is 29.4 Å². The van der Waals surface area contributed by atoms with Gasteiger partial charge in [-0.25, -0.2) is 0 Å². The molecule has 0 aromatic carbocycles. The topological polar surface area (TPSA) is 55.4 Å². The first-order valence-electron chi connectivity index (χ1n) is 7.13. The first-order valence-corrected chi connectivity index (χ1v) is 7.92. The van der Waals surface area contributed by atoms with Crippen molar-refractivity contribution in [1.29, 1.82) is 0 Å². The zero-order valence-corrected chi connectivity index (χ0v) is 13.0. The lowest BCUT2D eigenvalue weighted by Crippen LogP contribution is -2.50. The van der Waals surface area contributed by atoms with E-state index in [0.717, 1.165) is 29.3 Å². The summed E-state index contributed by atoms with van der Waals surface area (Å²) in [5, 5.41) is 2.94. The molecule has 3 rings (SSSR count). The highest BCUT2D eigenvalue weighted by Crippen LogP contribution is 2.45. The Balaban J connectivity index is 2.00. The molecule has 2 aliphatic heterocycles. The van der Waals surface area contributed by atoms with Gasteiger partial charge in [0.05, 0.1) is 12.1 Å². The van der Waals surface area contributed by atoms with Crippen molar-refractivity contribution in [2.75, 3.05) is 0 Å². The summed E-state index contributed by atoms with van der Waals surface area (Å²) in [4.78, 5) is 24.6. The van der Waals surface area contributed by atoms with Gasteiger partial charge in [-0.3, -0.25) is 9.59 Å². The first-order chi connectivity index (χ1) is 9.56. The lowest BCUT2D eigenvalue weighted by atomic mass is 9.81. The van der Waals surface area contributed by atoms with E-state index in [1.54, 1.807) is 0 Å². The summed E-state index contributed by atoms with van der Waals surface area (Å²) in [7, 11) is 0. The van der Waals surface area contributed by atoms with Gasteiger partial charge in [0.25, 0.3) is 5.91 Å². The van der Waals surface area contributed by atoms with Gasteiger partial charge in [-0.2, -0.15) is 0 Å². The number of carbonyl (C=O) groups is 2. The summed E-state index contributed by atoms with van der Waals surface area (Å²) in [5.74, 6) is -0.0528. The quantitative estimate of drug-likeness (QED) is 0.786. The molecule has 0 saturated carbocycles. The molecule has 1 aliphatic carbocycles. The van der Waals surface area contributed by atoms with Crippen molar-refractivity contribution in [2.24, 2.45) is 0 Å². The molecular formula is C15H18BrNO3. The standard InChI is InChI=1S/C15H18BrNO3/c1-2-4-10-7-9(18)8-15(20-10)13-11(16)5-3-6-12(13)17-14(15)19/h3,6,10,12H,2,4-5,7-8H2,1H3,(H,17,19)/t10-,12?,15-/m0/s1. The van der Waals surface area contributed by atoms with Gasteiger partial charge in [0.1, 0.15) is 5.78 Å². The van der Waals surface area contributed by atoms with E-state index in [1.807, 2.05) is 12.2 Å². The van der Waals surface area contributed by atoms with Gasteiger partial charge in [0.15, 0.2) is 5.60 Å². The molecule has 1 spiro atoms. The summed E-state index contributed by atoms with van der Waals surface area (Å²) in [6.45, 7) is 2.06. The highest BCUT2D eigenvalue weighted by atomic mass is 79.9. The molecule has 1 unspecified atom stereocenters. The van der Waals surface area contributed by atoms with Crippen molar-refractivity contribution < 1.29 is 14.3 Å². The number of ether oxygens (including phenoxy) is 1. The zero-order chi connectivity index (χ0) is 14.3. The molecule has 1 N–H and O–H groups in total. The Morgan fingerprint density at radius 1 is 1.50 bits per heavy atom. The molecule has 4 nitrogen and oxygen atoms in total. The van der Waals surface area contributed by atoms with Crippen LogP contribution in [-0.2, 0) is 14.3 Å². The zero-order valence-electron chi connectivity index (χ0n) is 11.4. The van der Waals surface area contributed by atoms with Crippen molar-refractivity contribution in [3.05, 3.63) is 22.2 Å². The van der Waals surface area contributed by atoms with Crippen molar-refractivity contribution in [1.82, 2.24) is 5.32 Å². The summed E-state index contributed by atoms with van der Waals surface area (Å²) >= 11 is 3.56. The Morgan fingerprint density at radius 3 is 3.05 bits per heavy atom. The van der Waals surface area contributed by atoms with Crippen molar-refractivity contribution in [3.63, 3.8) is 0 Å². The fraction of sp³-hybridized carbons (Fsp3) is 0.600. The van der Waals surface area contributed by atoms with Gasteiger partial charge in [0.2, 0.25) is 0 Å². The Morgan fingerprint density at radius 2 is 2.30 bits per heavy atom. The Labute approximate surface area is 126 Å². The number of halogens is 1. The molecule has 20 heavy (non-hydrogen) atoms. The van der Waals surface area contributed by atoms with Gasteiger partial charge in [-0.15, -0.1) is 0 Å². The van der Waals surface area contributed by atoms with Crippen molar-refractivity contribution >= 4 is 27.6 Å². The van der Waals surface area contributed by atoms with Gasteiger partial charge >= 0.3 is 0 Å². The van der Waals surface area contributed by atoms with E-state index < -0.39 is 5.60 Å². The minimum atomic E-state index is -1.08. The van der Waals surface area contributed by atoms with E-state index >= 15 is 0 Å². The third-order valence-electron chi connectivity index (χ3n) is 4.20. The van der Waals surface area contributed by atoms with Crippen LogP contribution in [0.1, 0.15) is 39.0 Å². The van der Waals surface area contributed by atoms with Gasteiger partial charge < -0.3 is 10.1 Å². The molecular weight excluding hydrogens is 322 g/mol. The molecule has 0 bridgehead atoms. The van der Waals surface area contributed by atoms with Crippen LogP contribution in [0.4, 0.5) is 0 Å². The summed E-state index contributed by atoms with van der Waals surface area (Å²) < 4.78 is 7.11. The number of nitrogens with one attached hydrogen (secondary N) is 1. The molecule has 2 fully saturated rings. The second-order valence-electron chi connectivity index (χ2n) is 5.68. The largest absolute Gasteiger partial charge is 0.356 e. The molecule has 3 aliphatic rings. The van der Waals surface area contributed by atoms with Gasteiger partial charge in [0, 0.05) is 22.9 Å². The summed E-state index contributed by atoms with van der Waals surface area (Å²) in [6.07, 6.45) is 6.94. The second kappa shape index (κ2) is 5.11. The van der Waals surface area contributed by atoms with Crippen molar-refractivity contribution in [2.45, 2.75) is 56.8 Å². The van der Waals surface area contributed by atoms with Gasteiger partial charge in [-0.1, -0.05) is 41.4 Å². The lowest BCUT2D eigenvalue weighted by molar-refractivity contribution is -0.161. The summed E-state index contributed by atoms with van der Waals surface area (Å²) in [5.41, 5.74) is -0.178. The first kappa shape index (κ1) is 14.0. The van der Waals surface area contributed by atoms with Crippen LogP contribution in [0.2, 0.25) is 0 Å². The third kappa shape index (κ3) is 2.07. The number of fused-ring (bicyclic) bond motifs is 2. The van der Waals surface area contributed by atoms with E-state index in [-0.39, 0.29) is 30.3 Å². The molecule has 0 radical (unpaired) electrons. The predicted octanol–water partition coefficient (Wildman–Crippen LogP) is 2.38. The predicted molar refractivity (Wildman–Crippen MR) is 78.4 cm³/mol. The van der Waals surface area contributed by atoms with Crippen LogP contribution >= 0.6 is 15.9 Å². The number of carbonyl (C=O) groups excluding carboxylic acids is 2. The third-order valence-corrected chi connectivity index (χ3v) is 4.95. The van der Waals surface area contributed by atoms with Crippen LogP contribution in [0, 0.1) is 0 Å². The fourth-order valence-electron chi connectivity index (χ4n) is 3.40. The minimum Gasteiger partial charge on any atom is -0.356 e. The summed E-state index contributed by atoms with van der Waals surface area (Å²) in [6, 6.07) is -0.140. The lowest BCUT2D eigenvalue weighted by Gasteiger charge is -2.38. The highest BCUT2D eigenvalue weighted by molar-refractivity contribution is 9.11. The smallest absolute Gasteiger partial charge is 0.257 e. The fourth-order valence-corrected chi connectivity index (χ4v) is 4.15. The molecule has 108 valence electrons. The number of rotatable bonds is 2. The molecule has 2 saturated heterocycles. The van der Waals surface area contributed by atoms with Crippen LogP contribution in [0.5, 0.6) is 0 Å². The minimum absolute atomic E-state index is 0.118. The average molecular weight is 340 g/mol. The maximum atomic E-state index is 12.5. The van der Waals surface area contributed by atoms with Crippen molar-refractivity contribution in [3.8, 4) is 0 Å². The van der Waals surface area contributed by atoms with Crippen LogP contribution < -0.4 is 5.32 Å². The van der Waals surface area contributed by atoms with Crippen LogP contribution in [0.15, 0.2) is 22.2 Å². The Hall–Kier alpha value is -0.940. The highest BCUT2D eigenvalue weighted by Gasteiger charge is 2.57. The molecule has 2 heterocycles. The number of allylic oxidation sites excluding steroid dienone is 2. The Kier molecular flexibility index (Phi) is 3.58. The van der Waals surface area contributed by atoms with Crippen LogP contribution in [0.25, 0.3) is 0 Å². The molecule has 1 amide bonds. The maximum absolute atomic E-state index is 12.5. The number of Topliss-reactive ketones (excluding diaryl/α,β-unsaturated/α-hetero) is 1. The Bertz CT molecular complexity index is 525. The number of amides is 1. The van der Waals surface area contributed by atoms with E-state index in [1.165, 1.54) is 0 Å². The molecule has 0 aromatic rings. The SMILES string of the molecule is CCC[C@H]1CC(=O)C[C@@]2(O1)C(=O)NC1C=CCC(Br)=C12. The number of hydrogen-bond donors (Lipinski definition) is 1. The monoisotopic (exact) mass is 339 g/mol. The van der Waals surface area contributed by atoms with Gasteiger partial charge in [-0.05, 0) is 12.8 Å². The van der Waals surface area contributed by atoms with E-state index in [0.29, 0.717) is 6.42 Å². The average Bonchev–Trinajstić information content (AvgIpc) is 2.63. The molecule has 0 aromatic heterocycles. The van der Waals surface area contributed by atoms with E-state index in [2.05, 4.69) is 28.2 Å². The molecule has 5 heteroatoms. The van der Waals surface area contributed by atoms with Crippen LogP contribution in [0.3, 0.4) is 0 Å². The number of hydrogen-bond acceptors (Lipinski definition) is 3. The number of ketones is 1. The van der Waals surface area contributed by atoms with E-state index in [9.17, 15) is 9.59 Å². The van der Waals surface area contributed by atoms with E-state index in [4.69, 9.17) is 4.74 Å².